The summed E-state index contributed by atoms with van der Waals surface area (Å²) in [7, 11) is -3.89. The number of nitrogens with one attached hydrogen (secondary N) is 1. The highest BCUT2D eigenvalue weighted by molar-refractivity contribution is 7.89. The second-order valence-corrected chi connectivity index (χ2v) is 7.52. The molecule has 128 valence electrons. The Balaban J connectivity index is 1.96. The maximum Gasteiger partial charge on any atom is 0.321 e. The second kappa shape index (κ2) is 7.98. The lowest BCUT2D eigenvalue weighted by atomic mass is 10.1. The number of esters is 1. The largest absolute Gasteiger partial charge is 0.457 e. The minimum atomic E-state index is -3.89. The molecule has 0 radical (unpaired) electrons. The van der Waals surface area contributed by atoms with Gasteiger partial charge in [0, 0.05) is 0 Å². The summed E-state index contributed by atoms with van der Waals surface area (Å²) in [4.78, 5) is 11.7. The van der Waals surface area contributed by atoms with Crippen LogP contribution in [0.1, 0.15) is 18.6 Å². The molecule has 8 heteroatoms. The number of hydrogen-bond acceptors (Lipinski definition) is 4. The highest BCUT2D eigenvalue weighted by Crippen LogP contribution is 2.24. The van der Waals surface area contributed by atoms with Crippen molar-refractivity contribution in [3.05, 3.63) is 64.1 Å². The van der Waals surface area contributed by atoms with Crippen molar-refractivity contribution in [1.82, 2.24) is 4.72 Å². The molecule has 0 fully saturated rings. The molecule has 0 aliphatic heterocycles. The van der Waals surface area contributed by atoms with Gasteiger partial charge in [0.2, 0.25) is 10.0 Å². The van der Waals surface area contributed by atoms with E-state index < -0.39 is 28.6 Å². The fraction of sp³-hybridized carbons (Fsp3) is 0.188. The first-order valence-electron chi connectivity index (χ1n) is 6.99. The lowest BCUT2D eigenvalue weighted by Gasteiger charge is -2.14. The predicted molar refractivity (Wildman–Crippen MR) is 92.6 cm³/mol. The molecule has 0 bridgehead atoms. The van der Waals surface area contributed by atoms with E-state index in [0.717, 1.165) is 5.56 Å². The molecule has 0 saturated carbocycles. The van der Waals surface area contributed by atoms with Gasteiger partial charge in [-0.1, -0.05) is 53.5 Å². The number of carbonyl (C=O) groups excluding carboxylic acids is 1. The highest BCUT2D eigenvalue weighted by atomic mass is 35.5. The number of benzene rings is 2. The molecule has 1 N–H and O–H groups in total. The molecule has 0 aliphatic rings. The zero-order valence-electron chi connectivity index (χ0n) is 12.7. The quantitative estimate of drug-likeness (QED) is 0.768. The molecule has 0 heterocycles. The fourth-order valence-electron chi connectivity index (χ4n) is 1.91. The Morgan fingerprint density at radius 3 is 2.42 bits per heavy atom. The Kier molecular flexibility index (Phi) is 6.23. The number of halogens is 2. The van der Waals surface area contributed by atoms with Crippen molar-refractivity contribution in [3.8, 4) is 0 Å². The van der Waals surface area contributed by atoms with Crippen LogP contribution in [0.25, 0.3) is 0 Å². The zero-order chi connectivity index (χ0) is 17.7. The van der Waals surface area contributed by atoms with Crippen LogP contribution >= 0.6 is 23.2 Å². The average molecular weight is 388 g/mol. The van der Waals surface area contributed by atoms with E-state index >= 15 is 0 Å². The lowest BCUT2D eigenvalue weighted by molar-refractivity contribution is -0.147. The lowest BCUT2D eigenvalue weighted by Crippen LogP contribution is -2.31. The first-order valence-corrected chi connectivity index (χ1v) is 9.22. The van der Waals surface area contributed by atoms with Gasteiger partial charge in [-0.25, -0.2) is 8.42 Å². The summed E-state index contributed by atoms with van der Waals surface area (Å²) in [5.41, 5.74) is 0.818. The van der Waals surface area contributed by atoms with Crippen LogP contribution in [0.3, 0.4) is 0 Å². The van der Waals surface area contributed by atoms with Gasteiger partial charge in [0.05, 0.1) is 14.9 Å². The maximum absolute atomic E-state index is 12.1. The van der Waals surface area contributed by atoms with Crippen molar-refractivity contribution in [2.45, 2.75) is 17.9 Å². The third kappa shape index (κ3) is 4.95. The van der Waals surface area contributed by atoms with Crippen molar-refractivity contribution in [2.75, 3.05) is 6.54 Å². The molecular weight excluding hydrogens is 373 g/mol. The van der Waals surface area contributed by atoms with Gasteiger partial charge in [0.15, 0.2) is 0 Å². The summed E-state index contributed by atoms with van der Waals surface area (Å²) in [5.74, 6) is -0.685. The number of sulfonamides is 1. The van der Waals surface area contributed by atoms with Crippen molar-refractivity contribution < 1.29 is 17.9 Å². The first-order chi connectivity index (χ1) is 11.3. The minimum Gasteiger partial charge on any atom is -0.457 e. The van der Waals surface area contributed by atoms with Crippen molar-refractivity contribution in [1.29, 1.82) is 0 Å². The number of carbonyl (C=O) groups is 1. The molecule has 1 atom stereocenters. The summed E-state index contributed by atoms with van der Waals surface area (Å²) in [6.45, 7) is 1.22. The first kappa shape index (κ1) is 18.7. The fourth-order valence-corrected chi connectivity index (χ4v) is 3.27. The monoisotopic (exact) mass is 387 g/mol. The summed E-state index contributed by atoms with van der Waals surface area (Å²) < 4.78 is 31.6. The Hall–Kier alpha value is -1.60. The Labute approximate surface area is 150 Å². The minimum absolute atomic E-state index is 0.0826. The summed E-state index contributed by atoms with van der Waals surface area (Å²) in [6, 6.07) is 13.0. The van der Waals surface area contributed by atoms with E-state index in [2.05, 4.69) is 4.72 Å². The summed E-state index contributed by atoms with van der Waals surface area (Å²) in [5, 5.41) is 0.353. The van der Waals surface area contributed by atoms with Gasteiger partial charge in [0.1, 0.15) is 12.6 Å². The molecule has 0 aliphatic carbocycles. The van der Waals surface area contributed by atoms with Gasteiger partial charge in [-0.3, -0.25) is 4.79 Å². The van der Waals surface area contributed by atoms with Crippen molar-refractivity contribution in [3.63, 3.8) is 0 Å². The number of rotatable bonds is 6. The Morgan fingerprint density at radius 1 is 1.12 bits per heavy atom. The van der Waals surface area contributed by atoms with Crippen LogP contribution in [-0.2, 0) is 19.6 Å². The topological polar surface area (TPSA) is 72.5 Å². The molecule has 0 amide bonds. The van der Waals surface area contributed by atoms with Crippen LogP contribution in [0.5, 0.6) is 0 Å². The average Bonchev–Trinajstić information content (AvgIpc) is 2.56. The predicted octanol–water partition coefficient (Wildman–Crippen LogP) is 3.58. The van der Waals surface area contributed by atoms with E-state index in [4.69, 9.17) is 27.9 Å². The maximum atomic E-state index is 12.1. The van der Waals surface area contributed by atoms with E-state index in [9.17, 15) is 13.2 Å². The van der Waals surface area contributed by atoms with E-state index in [0.29, 0.717) is 0 Å². The molecule has 2 aromatic rings. The Morgan fingerprint density at radius 2 is 1.79 bits per heavy atom. The third-order valence-electron chi connectivity index (χ3n) is 3.19. The van der Waals surface area contributed by atoms with Gasteiger partial charge < -0.3 is 4.74 Å². The molecule has 2 rings (SSSR count). The van der Waals surface area contributed by atoms with Crippen molar-refractivity contribution >= 4 is 39.2 Å². The van der Waals surface area contributed by atoms with Crippen LogP contribution in [0, 0.1) is 0 Å². The number of ether oxygens (including phenoxy) is 1. The van der Waals surface area contributed by atoms with Gasteiger partial charge in [-0.2, -0.15) is 4.72 Å². The van der Waals surface area contributed by atoms with Crippen LogP contribution in [0.2, 0.25) is 10.0 Å². The van der Waals surface area contributed by atoms with Gasteiger partial charge in [-0.05, 0) is 30.7 Å². The standard InChI is InChI=1S/C16H15Cl2NO4S/c1-11(12-5-3-2-4-6-12)23-16(20)10-19-24(21,22)13-7-8-14(17)15(18)9-13/h2-9,11,19H,10H2,1H3/t11-/m1/s1. The summed E-state index contributed by atoms with van der Waals surface area (Å²) >= 11 is 11.6. The molecular formula is C16H15Cl2NO4S. The molecule has 0 spiro atoms. The molecule has 0 saturated heterocycles. The van der Waals surface area contributed by atoms with Crippen LogP contribution in [-0.4, -0.2) is 20.9 Å². The van der Waals surface area contributed by atoms with E-state index in [1.54, 1.807) is 6.92 Å². The highest BCUT2D eigenvalue weighted by Gasteiger charge is 2.18. The van der Waals surface area contributed by atoms with Crippen LogP contribution in [0.15, 0.2) is 53.4 Å². The molecule has 0 aromatic heterocycles. The molecule has 5 nitrogen and oxygen atoms in total. The number of hydrogen-bond donors (Lipinski definition) is 1. The second-order valence-electron chi connectivity index (χ2n) is 4.94. The smallest absolute Gasteiger partial charge is 0.321 e. The van der Waals surface area contributed by atoms with Crippen LogP contribution < -0.4 is 4.72 Å². The Bertz CT molecular complexity index is 825. The van der Waals surface area contributed by atoms with Gasteiger partial charge >= 0.3 is 5.97 Å². The van der Waals surface area contributed by atoms with Gasteiger partial charge in [-0.15, -0.1) is 0 Å². The normalized spacial score (nSPS) is 12.6. The zero-order valence-corrected chi connectivity index (χ0v) is 15.0. The van der Waals surface area contributed by atoms with Crippen molar-refractivity contribution in [2.24, 2.45) is 0 Å². The molecule has 0 unspecified atom stereocenters. The van der Waals surface area contributed by atoms with Crippen LogP contribution in [0.4, 0.5) is 0 Å². The van der Waals surface area contributed by atoms with E-state index in [1.807, 2.05) is 30.3 Å². The molecule has 24 heavy (non-hydrogen) atoms. The SMILES string of the molecule is C[C@@H](OC(=O)CNS(=O)(=O)c1ccc(Cl)c(Cl)c1)c1ccccc1. The molecule has 2 aromatic carbocycles. The van der Waals surface area contributed by atoms with E-state index in [1.165, 1.54) is 18.2 Å². The summed E-state index contributed by atoms with van der Waals surface area (Å²) in [6.07, 6.45) is -0.479. The third-order valence-corrected chi connectivity index (χ3v) is 5.32. The van der Waals surface area contributed by atoms with Gasteiger partial charge in [0.25, 0.3) is 0 Å². The van der Waals surface area contributed by atoms with E-state index in [-0.39, 0.29) is 14.9 Å².